The molecule has 0 amide bonds. The summed E-state index contributed by atoms with van der Waals surface area (Å²) in [4.78, 5) is 2.50. The third kappa shape index (κ3) is 2.49. The Bertz CT molecular complexity index is 509. The van der Waals surface area contributed by atoms with Gasteiger partial charge in [0.1, 0.15) is 0 Å². The molecular formula is C20H29N. The molecule has 3 rings (SSSR count). The molecule has 2 radical (unpaired) electrons. The van der Waals surface area contributed by atoms with Gasteiger partial charge in [0.2, 0.25) is 0 Å². The maximum atomic E-state index is 3.87. The highest BCUT2D eigenvalue weighted by Gasteiger charge is 2.56. The molecule has 1 nitrogen and oxygen atoms in total. The molecular weight excluding hydrogens is 254 g/mol. The fourth-order valence-corrected chi connectivity index (χ4v) is 3.90. The van der Waals surface area contributed by atoms with Crippen molar-refractivity contribution in [3.8, 4) is 0 Å². The van der Waals surface area contributed by atoms with Gasteiger partial charge in [-0.2, -0.15) is 0 Å². The van der Waals surface area contributed by atoms with Gasteiger partial charge in [-0.1, -0.05) is 45.9 Å². The first kappa shape index (κ1) is 14.9. The van der Waals surface area contributed by atoms with Crippen molar-refractivity contribution in [1.29, 1.82) is 0 Å². The molecule has 21 heavy (non-hydrogen) atoms. The summed E-state index contributed by atoms with van der Waals surface area (Å²) in [7, 11) is 0. The lowest BCUT2D eigenvalue weighted by Crippen LogP contribution is -2.37. The summed E-state index contributed by atoms with van der Waals surface area (Å²) < 4.78 is 0. The van der Waals surface area contributed by atoms with Crippen LogP contribution in [0.25, 0.3) is 0 Å². The van der Waals surface area contributed by atoms with E-state index in [2.05, 4.69) is 71.2 Å². The topological polar surface area (TPSA) is 3.24 Å². The van der Waals surface area contributed by atoms with E-state index in [1.54, 1.807) is 0 Å². The van der Waals surface area contributed by atoms with E-state index in [-0.39, 0.29) is 5.54 Å². The van der Waals surface area contributed by atoms with E-state index in [0.29, 0.717) is 17.3 Å². The molecule has 1 aliphatic carbocycles. The fraction of sp³-hybridized carbons (Fsp3) is 0.650. The van der Waals surface area contributed by atoms with Gasteiger partial charge in [-0.3, -0.25) is 0 Å². The second kappa shape index (κ2) is 4.76. The van der Waals surface area contributed by atoms with Crippen LogP contribution < -0.4 is 4.90 Å². The van der Waals surface area contributed by atoms with E-state index in [1.165, 1.54) is 36.1 Å². The Morgan fingerprint density at radius 3 is 1.90 bits per heavy atom. The van der Waals surface area contributed by atoms with Crippen LogP contribution >= 0.6 is 0 Å². The van der Waals surface area contributed by atoms with E-state index in [0.717, 1.165) is 0 Å². The van der Waals surface area contributed by atoms with Crippen molar-refractivity contribution >= 4 is 5.69 Å². The minimum atomic E-state index is 0.186. The van der Waals surface area contributed by atoms with Crippen molar-refractivity contribution in [3.63, 3.8) is 0 Å². The molecule has 1 saturated heterocycles. The van der Waals surface area contributed by atoms with E-state index >= 15 is 0 Å². The zero-order valence-corrected chi connectivity index (χ0v) is 14.5. The zero-order chi connectivity index (χ0) is 15.4. The Morgan fingerprint density at radius 1 is 1.00 bits per heavy atom. The van der Waals surface area contributed by atoms with Gasteiger partial charge >= 0.3 is 0 Å². The lowest BCUT2D eigenvalue weighted by atomic mass is 9.89. The molecule has 0 N–H and O–H groups in total. The lowest BCUT2D eigenvalue weighted by Gasteiger charge is -2.37. The van der Waals surface area contributed by atoms with E-state index in [9.17, 15) is 0 Å². The van der Waals surface area contributed by atoms with Gasteiger partial charge in [0, 0.05) is 16.6 Å². The first-order valence-electron chi connectivity index (χ1n) is 8.47. The highest BCUT2D eigenvalue weighted by molar-refractivity contribution is 5.66. The van der Waals surface area contributed by atoms with Gasteiger partial charge in [0.25, 0.3) is 0 Å². The number of hydrogen-bond donors (Lipinski definition) is 0. The van der Waals surface area contributed by atoms with Crippen LogP contribution in [0.4, 0.5) is 5.69 Å². The normalized spacial score (nSPS) is 22.6. The highest BCUT2D eigenvalue weighted by Crippen LogP contribution is 2.62. The minimum absolute atomic E-state index is 0.186. The molecule has 1 spiro atoms. The van der Waals surface area contributed by atoms with Crippen LogP contribution in [0.3, 0.4) is 0 Å². The van der Waals surface area contributed by atoms with Gasteiger partial charge in [-0.05, 0) is 56.1 Å². The zero-order valence-electron chi connectivity index (χ0n) is 14.5. The summed E-state index contributed by atoms with van der Waals surface area (Å²) in [5.41, 5.74) is 4.96. The summed E-state index contributed by atoms with van der Waals surface area (Å²) in [6.45, 7) is 17.9. The summed E-state index contributed by atoms with van der Waals surface area (Å²) in [6.07, 6.45) is 3.91. The monoisotopic (exact) mass is 283 g/mol. The SMILES string of the molecule is CC(C)c1cccc(C(C)C)c1N1[C]C2(CC2)CC1(C)C. The molecule has 1 aliphatic heterocycles. The molecule has 0 unspecified atom stereocenters. The quantitative estimate of drug-likeness (QED) is 0.683. The molecule has 1 aromatic carbocycles. The van der Waals surface area contributed by atoms with E-state index in [1.807, 2.05) is 0 Å². The Labute approximate surface area is 130 Å². The van der Waals surface area contributed by atoms with Crippen LogP contribution in [0.15, 0.2) is 18.2 Å². The van der Waals surface area contributed by atoms with Crippen LogP contribution in [-0.2, 0) is 0 Å². The summed E-state index contributed by atoms with van der Waals surface area (Å²) >= 11 is 0. The molecule has 0 atom stereocenters. The second-order valence-electron chi connectivity index (χ2n) is 8.31. The lowest BCUT2D eigenvalue weighted by molar-refractivity contribution is 0.464. The molecule has 0 aromatic heterocycles. The predicted octanol–water partition coefficient (Wildman–Crippen LogP) is 5.74. The predicted molar refractivity (Wildman–Crippen MR) is 90.7 cm³/mol. The van der Waals surface area contributed by atoms with Crippen molar-refractivity contribution in [2.75, 3.05) is 4.90 Å². The summed E-state index contributed by atoms with van der Waals surface area (Å²) in [5, 5.41) is 0. The number of nitrogens with zero attached hydrogens (tertiary/aromatic N) is 1. The largest absolute Gasteiger partial charge is 0.355 e. The average molecular weight is 283 g/mol. The molecule has 1 aromatic rings. The number of rotatable bonds is 3. The van der Waals surface area contributed by atoms with Gasteiger partial charge < -0.3 is 4.90 Å². The molecule has 1 saturated carbocycles. The van der Waals surface area contributed by atoms with E-state index < -0.39 is 0 Å². The van der Waals surface area contributed by atoms with Gasteiger partial charge in [0.05, 0.1) is 6.54 Å². The van der Waals surface area contributed by atoms with Crippen molar-refractivity contribution < 1.29 is 0 Å². The number of para-hydroxylation sites is 1. The first-order valence-corrected chi connectivity index (χ1v) is 8.47. The fourth-order valence-electron chi connectivity index (χ4n) is 3.90. The molecule has 114 valence electrons. The van der Waals surface area contributed by atoms with Crippen molar-refractivity contribution in [3.05, 3.63) is 35.9 Å². The Kier molecular flexibility index (Phi) is 3.39. The average Bonchev–Trinajstić information content (AvgIpc) is 3.07. The smallest absolute Gasteiger partial charge is 0.0985 e. The standard InChI is InChI=1S/C20H29N/c1-14(2)16-8-7-9-17(15(3)4)18(16)21-13-20(10-11-20)12-19(21,5)6/h7-9,14-15H,10-12H2,1-6H3. The van der Waals surface area contributed by atoms with Crippen LogP contribution in [-0.4, -0.2) is 5.54 Å². The maximum absolute atomic E-state index is 3.87. The molecule has 0 bridgehead atoms. The number of anilines is 1. The molecule has 2 aliphatic rings. The number of benzene rings is 1. The van der Waals surface area contributed by atoms with Crippen molar-refractivity contribution in [2.24, 2.45) is 5.41 Å². The molecule has 1 heteroatoms. The van der Waals surface area contributed by atoms with Gasteiger partial charge in [0.15, 0.2) is 0 Å². The Morgan fingerprint density at radius 2 is 1.52 bits per heavy atom. The van der Waals surface area contributed by atoms with Gasteiger partial charge in [-0.15, -0.1) is 0 Å². The Hall–Kier alpha value is -0.980. The van der Waals surface area contributed by atoms with E-state index in [4.69, 9.17) is 0 Å². The minimum Gasteiger partial charge on any atom is -0.355 e. The number of hydrogen-bond acceptors (Lipinski definition) is 1. The highest BCUT2D eigenvalue weighted by atomic mass is 15.2. The van der Waals surface area contributed by atoms with Crippen LogP contribution in [0.2, 0.25) is 0 Å². The third-order valence-corrected chi connectivity index (χ3v) is 5.14. The Balaban J connectivity index is 2.12. The maximum Gasteiger partial charge on any atom is 0.0985 e. The van der Waals surface area contributed by atoms with Crippen LogP contribution in [0.1, 0.15) is 83.8 Å². The van der Waals surface area contributed by atoms with Crippen molar-refractivity contribution in [1.82, 2.24) is 0 Å². The molecule has 2 fully saturated rings. The molecule has 1 heterocycles. The summed E-state index contributed by atoms with van der Waals surface area (Å²) in [6, 6.07) is 6.84. The van der Waals surface area contributed by atoms with Crippen molar-refractivity contribution in [2.45, 2.75) is 78.2 Å². The first-order chi connectivity index (χ1) is 9.76. The third-order valence-electron chi connectivity index (χ3n) is 5.14. The van der Waals surface area contributed by atoms with Crippen LogP contribution in [0.5, 0.6) is 0 Å². The second-order valence-corrected chi connectivity index (χ2v) is 8.31. The van der Waals surface area contributed by atoms with Gasteiger partial charge in [-0.25, -0.2) is 0 Å². The van der Waals surface area contributed by atoms with Crippen LogP contribution in [0, 0.1) is 12.0 Å². The summed E-state index contributed by atoms with van der Waals surface area (Å²) in [5.74, 6) is 1.10.